The maximum atomic E-state index is 13.2. The van der Waals surface area contributed by atoms with E-state index >= 15 is 0 Å². The number of aliphatic imine (C=N–C) groups is 1. The van der Waals surface area contributed by atoms with Crippen LogP contribution in [-0.4, -0.2) is 98.8 Å². The van der Waals surface area contributed by atoms with Crippen molar-refractivity contribution >= 4 is 17.5 Å². The van der Waals surface area contributed by atoms with Gasteiger partial charge in [0.1, 0.15) is 0 Å². The van der Waals surface area contributed by atoms with Gasteiger partial charge in [-0.25, -0.2) is 0 Å². The number of amides is 2. The van der Waals surface area contributed by atoms with Crippen LogP contribution in [0.1, 0.15) is 58.6 Å². The van der Waals surface area contributed by atoms with Crippen LogP contribution in [-0.2, 0) is 4.79 Å². The van der Waals surface area contributed by atoms with Crippen LogP contribution in [0.15, 0.2) is 41.4 Å². The van der Waals surface area contributed by atoms with E-state index in [9.17, 15) is 18.4 Å². The molecule has 0 unspecified atom stereocenters. The summed E-state index contributed by atoms with van der Waals surface area (Å²) in [6, 6.07) is 11.0. The maximum Gasteiger partial charge on any atom is 0.387 e. The van der Waals surface area contributed by atoms with Gasteiger partial charge in [0.05, 0.1) is 25.4 Å². The van der Waals surface area contributed by atoms with Gasteiger partial charge in [0.2, 0.25) is 5.91 Å². The smallest absolute Gasteiger partial charge is 0.387 e. The van der Waals surface area contributed by atoms with E-state index < -0.39 is 6.61 Å². The van der Waals surface area contributed by atoms with Gasteiger partial charge >= 0.3 is 6.61 Å². The van der Waals surface area contributed by atoms with Gasteiger partial charge in [0, 0.05) is 62.9 Å². The highest BCUT2D eigenvalue weighted by Gasteiger charge is 2.35. The van der Waals surface area contributed by atoms with Crippen molar-refractivity contribution in [3.05, 3.63) is 58.7 Å². The molecule has 2 aliphatic heterocycles. The van der Waals surface area contributed by atoms with Crippen LogP contribution in [0, 0.1) is 0 Å². The van der Waals surface area contributed by atoms with Crippen LogP contribution in [0.5, 0.6) is 11.5 Å². The SMILES string of the molecule is COc1cc2c(cc1OC(F)F)[C@H]1CCCC[C@H]1N=C2c1ccc(C(=O)N2CCN(CC(=O)N(C)C)CC2)cc1. The quantitative estimate of drug-likeness (QED) is 0.517. The van der Waals surface area contributed by atoms with Gasteiger partial charge in [-0.3, -0.25) is 19.5 Å². The zero-order valence-electron chi connectivity index (χ0n) is 23.2. The normalized spacial score (nSPS) is 20.9. The van der Waals surface area contributed by atoms with Gasteiger partial charge in [0.15, 0.2) is 11.5 Å². The molecule has 10 heteroatoms. The van der Waals surface area contributed by atoms with Crippen molar-refractivity contribution in [3.63, 3.8) is 0 Å². The van der Waals surface area contributed by atoms with E-state index in [0.717, 1.165) is 48.1 Å². The lowest BCUT2D eigenvalue weighted by atomic mass is 9.75. The monoisotopic (exact) mass is 554 g/mol. The van der Waals surface area contributed by atoms with Crippen LogP contribution >= 0.6 is 0 Å². The number of piperazine rings is 1. The van der Waals surface area contributed by atoms with E-state index in [0.29, 0.717) is 38.3 Å². The molecule has 1 saturated carbocycles. The zero-order valence-corrected chi connectivity index (χ0v) is 23.2. The second-order valence-electron chi connectivity index (χ2n) is 10.8. The predicted octanol–water partition coefficient (Wildman–Crippen LogP) is 4.02. The number of fused-ring (bicyclic) bond motifs is 3. The van der Waals surface area contributed by atoms with Gasteiger partial charge in [-0.05, 0) is 42.7 Å². The molecular weight excluding hydrogens is 518 g/mol. The minimum absolute atomic E-state index is 0.0361. The molecule has 2 atom stereocenters. The second kappa shape index (κ2) is 11.9. The Labute approximate surface area is 233 Å². The second-order valence-corrected chi connectivity index (χ2v) is 10.8. The lowest BCUT2D eigenvalue weighted by molar-refractivity contribution is -0.130. The average molecular weight is 555 g/mol. The van der Waals surface area contributed by atoms with E-state index in [1.54, 1.807) is 31.1 Å². The molecule has 0 radical (unpaired) electrons. The van der Waals surface area contributed by atoms with Crippen molar-refractivity contribution in [3.8, 4) is 11.5 Å². The third-order valence-corrected chi connectivity index (χ3v) is 8.15. The largest absolute Gasteiger partial charge is 0.493 e. The molecule has 0 N–H and O–H groups in total. The Bertz CT molecular complexity index is 1270. The van der Waals surface area contributed by atoms with Crippen molar-refractivity contribution in [1.82, 2.24) is 14.7 Å². The fourth-order valence-corrected chi connectivity index (χ4v) is 5.92. The van der Waals surface area contributed by atoms with E-state index in [1.165, 1.54) is 7.11 Å². The first-order chi connectivity index (χ1) is 19.2. The Morgan fingerprint density at radius 1 is 1.02 bits per heavy atom. The van der Waals surface area contributed by atoms with Gasteiger partial charge < -0.3 is 19.3 Å². The first-order valence-corrected chi connectivity index (χ1v) is 13.8. The average Bonchev–Trinajstić information content (AvgIpc) is 2.96. The summed E-state index contributed by atoms with van der Waals surface area (Å²) >= 11 is 0. The number of hydrogen-bond donors (Lipinski definition) is 0. The van der Waals surface area contributed by atoms with Gasteiger partial charge in [0.25, 0.3) is 5.91 Å². The summed E-state index contributed by atoms with van der Waals surface area (Å²) in [4.78, 5) is 35.8. The standard InChI is InChI=1S/C30H36F2N4O4/c1-34(2)27(37)18-35-12-14-36(15-13-35)29(38)20-10-8-19(9-11-20)28-23-17-25(39-3)26(40-30(31)32)16-22(23)21-6-4-5-7-24(21)33-28/h8-11,16-17,21,24,30H,4-7,12-15,18H2,1-3H3/t21-,24-/m1/s1. The third kappa shape index (κ3) is 5.82. The Morgan fingerprint density at radius 2 is 1.73 bits per heavy atom. The van der Waals surface area contributed by atoms with Crippen molar-refractivity contribution in [1.29, 1.82) is 0 Å². The molecule has 1 saturated heterocycles. The molecule has 5 rings (SSSR count). The number of likely N-dealkylation sites (N-methyl/N-ethyl adjacent to an activating group) is 1. The van der Waals surface area contributed by atoms with Crippen LogP contribution in [0.25, 0.3) is 0 Å². The number of rotatable bonds is 7. The van der Waals surface area contributed by atoms with Gasteiger partial charge in [-0.2, -0.15) is 8.78 Å². The molecule has 2 fully saturated rings. The topological polar surface area (TPSA) is 74.7 Å². The minimum Gasteiger partial charge on any atom is -0.493 e. The van der Waals surface area contributed by atoms with E-state index in [2.05, 4.69) is 4.90 Å². The summed E-state index contributed by atoms with van der Waals surface area (Å²) in [6.45, 7) is -0.160. The molecule has 214 valence electrons. The first-order valence-electron chi connectivity index (χ1n) is 13.8. The molecule has 1 aliphatic carbocycles. The summed E-state index contributed by atoms with van der Waals surface area (Å²) in [5, 5.41) is 0. The first kappa shape index (κ1) is 28.0. The molecule has 2 aromatic carbocycles. The number of hydrogen-bond acceptors (Lipinski definition) is 6. The van der Waals surface area contributed by atoms with Crippen molar-refractivity contribution < 1.29 is 27.8 Å². The van der Waals surface area contributed by atoms with Crippen molar-refractivity contribution in [2.45, 2.75) is 44.3 Å². The number of methoxy groups -OCH3 is 1. The molecule has 8 nitrogen and oxygen atoms in total. The maximum absolute atomic E-state index is 13.2. The molecule has 40 heavy (non-hydrogen) atoms. The Balaban J connectivity index is 1.36. The predicted molar refractivity (Wildman–Crippen MR) is 148 cm³/mol. The summed E-state index contributed by atoms with van der Waals surface area (Å²) in [5.41, 5.74) is 4.03. The highest BCUT2D eigenvalue weighted by molar-refractivity contribution is 6.15. The van der Waals surface area contributed by atoms with E-state index in [-0.39, 0.29) is 35.3 Å². The van der Waals surface area contributed by atoms with Crippen LogP contribution in [0.2, 0.25) is 0 Å². The molecule has 2 amide bonds. The number of benzene rings is 2. The number of nitrogens with zero attached hydrogens (tertiary/aromatic N) is 4. The summed E-state index contributed by atoms with van der Waals surface area (Å²) in [5.74, 6) is 0.426. The number of halogens is 2. The molecule has 0 aromatic heterocycles. The molecule has 2 aromatic rings. The van der Waals surface area contributed by atoms with E-state index in [4.69, 9.17) is 14.5 Å². The van der Waals surface area contributed by atoms with Gasteiger partial charge in [-0.1, -0.05) is 25.0 Å². The fourth-order valence-electron chi connectivity index (χ4n) is 5.92. The Morgan fingerprint density at radius 3 is 2.38 bits per heavy atom. The van der Waals surface area contributed by atoms with Crippen molar-refractivity contribution in [2.24, 2.45) is 4.99 Å². The van der Waals surface area contributed by atoms with Crippen molar-refractivity contribution in [2.75, 3.05) is 53.9 Å². The molecule has 0 spiro atoms. The molecule has 0 bridgehead atoms. The summed E-state index contributed by atoms with van der Waals surface area (Å²) in [6.07, 6.45) is 4.03. The van der Waals surface area contributed by atoms with Crippen LogP contribution < -0.4 is 9.47 Å². The highest BCUT2D eigenvalue weighted by atomic mass is 19.3. The molecular formula is C30H36F2N4O4. The zero-order chi connectivity index (χ0) is 28.4. The van der Waals surface area contributed by atoms with Crippen LogP contribution in [0.3, 0.4) is 0 Å². The summed E-state index contributed by atoms with van der Waals surface area (Å²) in [7, 11) is 4.92. The Kier molecular flexibility index (Phi) is 8.35. The minimum atomic E-state index is -2.94. The Hall–Kier alpha value is -3.53. The fraction of sp³-hybridized carbons (Fsp3) is 0.500. The molecule has 3 aliphatic rings. The lowest BCUT2D eigenvalue weighted by Gasteiger charge is -2.36. The van der Waals surface area contributed by atoms with Gasteiger partial charge in [-0.15, -0.1) is 0 Å². The summed E-state index contributed by atoms with van der Waals surface area (Å²) < 4.78 is 36.5. The molecule has 2 heterocycles. The number of alkyl halides is 2. The number of carbonyl (C=O) groups is 2. The third-order valence-electron chi connectivity index (χ3n) is 8.15. The lowest BCUT2D eigenvalue weighted by Crippen LogP contribution is -2.51. The number of carbonyl (C=O) groups excluding carboxylic acids is 2. The number of ether oxygens (including phenoxy) is 2. The highest BCUT2D eigenvalue weighted by Crippen LogP contribution is 2.45. The van der Waals surface area contributed by atoms with E-state index in [1.807, 2.05) is 29.2 Å². The van der Waals surface area contributed by atoms with Crippen LogP contribution in [0.4, 0.5) is 8.78 Å².